The third kappa shape index (κ3) is 7.40. The highest BCUT2D eigenvalue weighted by Gasteiger charge is 2.33. The summed E-state index contributed by atoms with van der Waals surface area (Å²) >= 11 is 12.1. The van der Waals surface area contributed by atoms with Crippen molar-refractivity contribution in [3.05, 3.63) is 57.1 Å². The maximum atomic E-state index is 12.9. The lowest BCUT2D eigenvalue weighted by atomic mass is 10.1. The zero-order chi connectivity index (χ0) is 28.2. The molecule has 1 amide bonds. The molecule has 1 fully saturated rings. The number of likely N-dealkylation sites (N-methyl/N-ethyl adjacent to an activating group) is 1. The quantitative estimate of drug-likeness (QED) is 0.196. The zero-order valence-corrected chi connectivity index (χ0v) is 22.0. The molecular formula is C24H25Cl2F3N2O7. The van der Waals surface area contributed by atoms with Gasteiger partial charge in [-0.25, -0.2) is 0 Å². The molecular weight excluding hydrogens is 556 g/mol. The van der Waals surface area contributed by atoms with Crippen LogP contribution in [0.2, 0.25) is 5.02 Å². The van der Waals surface area contributed by atoms with Crippen LogP contribution in [0.15, 0.2) is 36.4 Å². The van der Waals surface area contributed by atoms with E-state index in [2.05, 4.69) is 0 Å². The van der Waals surface area contributed by atoms with E-state index in [0.717, 1.165) is 30.7 Å². The Morgan fingerprint density at radius 3 is 2.55 bits per heavy atom. The zero-order valence-electron chi connectivity index (χ0n) is 20.5. The van der Waals surface area contributed by atoms with Gasteiger partial charge in [-0.15, -0.1) is 0 Å². The molecule has 1 aliphatic rings. The predicted molar refractivity (Wildman–Crippen MR) is 132 cm³/mol. The Labute approximate surface area is 226 Å². The average Bonchev–Trinajstić information content (AvgIpc) is 2.84. The van der Waals surface area contributed by atoms with E-state index in [1.165, 1.54) is 24.9 Å². The Morgan fingerprint density at radius 1 is 1.26 bits per heavy atom. The number of carbonyl (C=O) groups excluding carboxylic acids is 1. The Bertz CT molecular complexity index is 1170. The van der Waals surface area contributed by atoms with E-state index in [9.17, 15) is 28.1 Å². The van der Waals surface area contributed by atoms with Gasteiger partial charge in [0, 0.05) is 25.1 Å². The lowest BCUT2D eigenvalue weighted by Gasteiger charge is -2.35. The number of alkyl halides is 4. The van der Waals surface area contributed by atoms with Crippen molar-refractivity contribution < 1.29 is 41.8 Å². The van der Waals surface area contributed by atoms with Gasteiger partial charge < -0.3 is 23.8 Å². The number of nitro groups is 1. The molecule has 0 N–H and O–H groups in total. The molecule has 1 aliphatic heterocycles. The molecule has 2 aromatic rings. The minimum atomic E-state index is -4.59. The molecule has 0 bridgehead atoms. The fourth-order valence-corrected chi connectivity index (χ4v) is 4.14. The average molecular weight is 581 g/mol. The van der Waals surface area contributed by atoms with Crippen LogP contribution in [0.25, 0.3) is 0 Å². The fourth-order valence-electron chi connectivity index (χ4n) is 3.56. The lowest BCUT2D eigenvalue weighted by Crippen LogP contribution is -2.46. The van der Waals surface area contributed by atoms with Gasteiger partial charge in [0.2, 0.25) is 5.75 Å². The molecule has 9 nitrogen and oxygen atoms in total. The highest BCUT2D eigenvalue weighted by Crippen LogP contribution is 2.39. The largest absolute Gasteiger partial charge is 0.474 e. The van der Waals surface area contributed by atoms with Crippen LogP contribution in [-0.2, 0) is 20.4 Å². The third-order valence-corrected chi connectivity index (χ3v) is 6.49. The smallest absolute Gasteiger partial charge is 0.416 e. The minimum absolute atomic E-state index is 0.0112. The van der Waals surface area contributed by atoms with Crippen molar-refractivity contribution in [2.45, 2.75) is 44.4 Å². The van der Waals surface area contributed by atoms with E-state index in [1.807, 2.05) is 6.92 Å². The monoisotopic (exact) mass is 580 g/mol. The molecule has 0 aliphatic carbocycles. The summed E-state index contributed by atoms with van der Waals surface area (Å²) in [5.74, 6) is -0.904. The molecule has 0 radical (unpaired) electrons. The van der Waals surface area contributed by atoms with Gasteiger partial charge in [-0.2, -0.15) is 13.2 Å². The van der Waals surface area contributed by atoms with Crippen LogP contribution in [0.3, 0.4) is 0 Å². The molecule has 0 aromatic heterocycles. The summed E-state index contributed by atoms with van der Waals surface area (Å²) in [7, 11) is 1.49. The van der Waals surface area contributed by atoms with Gasteiger partial charge >= 0.3 is 11.9 Å². The van der Waals surface area contributed by atoms with E-state index in [0.29, 0.717) is 12.7 Å². The predicted octanol–water partition coefficient (Wildman–Crippen LogP) is 6.25. The summed E-state index contributed by atoms with van der Waals surface area (Å²) in [6, 6.07) is 5.96. The van der Waals surface area contributed by atoms with E-state index in [-0.39, 0.29) is 34.7 Å². The van der Waals surface area contributed by atoms with Crippen LogP contribution < -0.4 is 9.47 Å². The van der Waals surface area contributed by atoms with Crippen molar-refractivity contribution >= 4 is 34.8 Å². The lowest BCUT2D eigenvalue weighted by molar-refractivity contribution is -0.386. The topological polar surface area (TPSA) is 100 Å². The van der Waals surface area contributed by atoms with Crippen molar-refractivity contribution in [2.24, 2.45) is 5.92 Å². The van der Waals surface area contributed by atoms with Crippen molar-refractivity contribution in [2.75, 3.05) is 20.2 Å². The number of rotatable bonds is 9. The summed E-state index contributed by atoms with van der Waals surface area (Å²) < 4.78 is 61.0. The van der Waals surface area contributed by atoms with Gasteiger partial charge in [0.15, 0.2) is 12.4 Å². The van der Waals surface area contributed by atoms with Gasteiger partial charge in [-0.1, -0.05) is 30.1 Å². The molecule has 4 atom stereocenters. The van der Waals surface area contributed by atoms with Crippen molar-refractivity contribution in [3.8, 4) is 17.2 Å². The van der Waals surface area contributed by atoms with Crippen molar-refractivity contribution in [3.63, 3.8) is 0 Å². The molecule has 14 heteroatoms. The number of halogens is 5. The number of carbonyl (C=O) groups is 1. The summed E-state index contributed by atoms with van der Waals surface area (Å²) in [6.45, 7) is 3.79. The summed E-state index contributed by atoms with van der Waals surface area (Å²) in [4.78, 5) is 25.0. The second-order valence-corrected chi connectivity index (χ2v) is 9.37. The molecule has 4 unspecified atom stereocenters. The molecule has 3 rings (SSSR count). The van der Waals surface area contributed by atoms with E-state index in [4.69, 9.17) is 42.1 Å². The Kier molecular flexibility index (Phi) is 9.69. The van der Waals surface area contributed by atoms with E-state index < -0.39 is 46.2 Å². The molecule has 0 spiro atoms. The van der Waals surface area contributed by atoms with Gasteiger partial charge in [-0.3, -0.25) is 14.9 Å². The first-order chi connectivity index (χ1) is 17.8. The van der Waals surface area contributed by atoms with Crippen LogP contribution in [0.4, 0.5) is 18.9 Å². The number of amides is 1. The Hall–Kier alpha value is -2.80. The second kappa shape index (κ2) is 12.4. The SMILES string of the molecule is CCC1COC(CN(C)C(=O)C(C)Oc2cc(Oc3ccc(C(F)(F)F)cc3Cl)ccc2[N+](=O)[O-])OC1Cl. The number of nitrogens with zero attached hydrogens (tertiary/aromatic N) is 2. The first-order valence-corrected chi connectivity index (χ1v) is 12.3. The number of benzene rings is 2. The number of ether oxygens (including phenoxy) is 4. The first-order valence-electron chi connectivity index (χ1n) is 11.5. The number of hydrogen-bond acceptors (Lipinski definition) is 7. The summed E-state index contributed by atoms with van der Waals surface area (Å²) in [5.41, 5.74) is -1.97. The molecule has 208 valence electrons. The number of hydrogen-bond donors (Lipinski definition) is 0. The fraction of sp³-hybridized carbons (Fsp3) is 0.458. The highest BCUT2D eigenvalue weighted by molar-refractivity contribution is 6.32. The molecule has 0 saturated carbocycles. The number of nitro benzene ring substituents is 1. The molecule has 1 heterocycles. The second-order valence-electron chi connectivity index (χ2n) is 8.53. The molecule has 2 aromatic carbocycles. The third-order valence-electron chi connectivity index (χ3n) is 5.74. The Balaban J connectivity index is 1.71. The standard InChI is InChI=1S/C24H25Cl2F3N2O7/c1-4-14-12-35-21(38-22(14)26)11-30(3)23(32)13(2)36-20-10-16(6-7-18(20)31(33)34)37-19-8-5-15(9-17(19)25)24(27,28)29/h5-10,13-14,21-22H,4,11-12H2,1-3H3. The van der Waals surface area contributed by atoms with E-state index in [1.54, 1.807) is 0 Å². The maximum Gasteiger partial charge on any atom is 0.416 e. The van der Waals surface area contributed by atoms with Crippen molar-refractivity contribution in [1.82, 2.24) is 4.90 Å². The maximum absolute atomic E-state index is 12.9. The first kappa shape index (κ1) is 29.8. The Morgan fingerprint density at radius 2 is 1.97 bits per heavy atom. The van der Waals surface area contributed by atoms with Crippen molar-refractivity contribution in [1.29, 1.82) is 0 Å². The van der Waals surface area contributed by atoms with E-state index >= 15 is 0 Å². The van der Waals surface area contributed by atoms with Gasteiger partial charge in [0.25, 0.3) is 5.91 Å². The summed E-state index contributed by atoms with van der Waals surface area (Å²) in [6.07, 6.45) is -5.73. The van der Waals surface area contributed by atoms with Crippen LogP contribution in [0.1, 0.15) is 25.8 Å². The summed E-state index contributed by atoms with van der Waals surface area (Å²) in [5, 5.41) is 11.2. The minimum Gasteiger partial charge on any atom is -0.474 e. The normalized spacial score (nSPS) is 20.5. The van der Waals surface area contributed by atoms with Gasteiger partial charge in [0.05, 0.1) is 28.7 Å². The van der Waals surface area contributed by atoms with Crippen LogP contribution in [-0.4, -0.2) is 53.9 Å². The molecule has 38 heavy (non-hydrogen) atoms. The van der Waals surface area contributed by atoms with Gasteiger partial charge in [0.1, 0.15) is 17.1 Å². The van der Waals surface area contributed by atoms with Gasteiger partial charge in [-0.05, 0) is 37.6 Å². The van der Waals surface area contributed by atoms with Crippen LogP contribution in [0.5, 0.6) is 17.2 Å². The van der Waals surface area contributed by atoms with Crippen LogP contribution in [0, 0.1) is 16.0 Å². The molecule has 1 saturated heterocycles. The van der Waals surface area contributed by atoms with Crippen LogP contribution >= 0.6 is 23.2 Å². The highest BCUT2D eigenvalue weighted by atomic mass is 35.5.